The fraction of sp³-hybridized carbons (Fsp3) is 0. The molecule has 0 saturated carbocycles. The maximum Gasteiger partial charge on any atom is 0.200 e. The van der Waals surface area contributed by atoms with E-state index in [1.807, 2.05) is 0 Å². The molecule has 0 amide bonds. The number of hydrogen-bond donors (Lipinski definition) is 0. The molecule has 3 rings (SSSR count). The van der Waals surface area contributed by atoms with Crippen molar-refractivity contribution >= 4 is 20.0 Å². The molecule has 2 aromatic rings. The van der Waals surface area contributed by atoms with Gasteiger partial charge < -0.3 is 0 Å². The highest BCUT2D eigenvalue weighted by Gasteiger charge is 2.40. The van der Waals surface area contributed by atoms with Crippen molar-refractivity contribution in [3.63, 3.8) is 0 Å². The van der Waals surface area contributed by atoms with Crippen molar-refractivity contribution < 1.29 is 31.5 Å². The third kappa shape index (κ3) is 1.80. The molecule has 0 spiro atoms. The molecule has 0 atom stereocenters. The van der Waals surface area contributed by atoms with Crippen LogP contribution in [0.4, 0.5) is 22.0 Å². The molecule has 22 heavy (non-hydrogen) atoms. The van der Waals surface area contributed by atoms with Crippen LogP contribution in [0.5, 0.6) is 0 Å². The Kier molecular flexibility index (Phi) is 3.64. The molecule has 0 saturated heterocycles. The van der Waals surface area contributed by atoms with Crippen LogP contribution >= 0.6 is 0 Å². The summed E-state index contributed by atoms with van der Waals surface area (Å²) in [5, 5.41) is 0. The van der Waals surface area contributed by atoms with Gasteiger partial charge in [0.1, 0.15) is 5.82 Å². The lowest BCUT2D eigenvalue weighted by atomic mass is 9.83. The second-order valence-corrected chi connectivity index (χ2v) is 4.33. The zero-order chi connectivity index (χ0) is 15.5. The third-order valence-electron chi connectivity index (χ3n) is 3.21. The lowest BCUT2D eigenvalue weighted by Gasteiger charge is -2.19. The van der Waals surface area contributed by atoms with Gasteiger partial charge in [-0.1, -0.05) is 12.1 Å². The van der Waals surface area contributed by atoms with Gasteiger partial charge in [0.05, 0.1) is 16.7 Å². The molecular weight excluding hydrogens is 306 g/mol. The first-order valence-corrected chi connectivity index (χ1v) is 5.60. The number of ketones is 2. The first kappa shape index (κ1) is 15.9. The second kappa shape index (κ2) is 5.05. The molecule has 0 fully saturated rings. The lowest BCUT2D eigenvalue weighted by Crippen LogP contribution is -2.26. The van der Waals surface area contributed by atoms with Crippen molar-refractivity contribution in [2.45, 2.75) is 0 Å². The van der Waals surface area contributed by atoms with Gasteiger partial charge in [0.15, 0.2) is 29.1 Å². The largest absolute Gasteiger partial charge is 0.288 e. The molecule has 0 unspecified atom stereocenters. The molecule has 8 heteroatoms. The molecule has 3 radical (unpaired) electrons. The van der Waals surface area contributed by atoms with E-state index in [9.17, 15) is 31.5 Å². The van der Waals surface area contributed by atoms with E-state index in [-0.39, 0.29) is 8.41 Å². The minimum atomic E-state index is -2.23. The number of rotatable bonds is 0. The van der Waals surface area contributed by atoms with Crippen molar-refractivity contribution in [2.24, 2.45) is 0 Å². The summed E-state index contributed by atoms with van der Waals surface area (Å²) in [7, 11) is 0. The van der Waals surface area contributed by atoms with Gasteiger partial charge in [0.25, 0.3) is 0 Å². The molecule has 1 aliphatic rings. The van der Waals surface area contributed by atoms with Crippen LogP contribution in [0.25, 0.3) is 0 Å². The van der Waals surface area contributed by atoms with Crippen molar-refractivity contribution in [2.75, 3.05) is 0 Å². The highest BCUT2D eigenvalue weighted by Crippen LogP contribution is 2.34. The minimum absolute atomic E-state index is 0. The highest BCUT2D eigenvalue weighted by atomic mass is 19.2. The topological polar surface area (TPSA) is 34.1 Å². The van der Waals surface area contributed by atoms with E-state index in [0.717, 1.165) is 18.2 Å². The van der Waals surface area contributed by atoms with E-state index in [1.54, 1.807) is 0 Å². The quantitative estimate of drug-likeness (QED) is 0.277. The number of carbonyl (C=O) groups is 2. The number of benzene rings is 2. The monoisotopic (exact) mass is 309 g/mol. The number of carbonyl (C=O) groups excluding carboxylic acids is 2. The fourth-order valence-electron chi connectivity index (χ4n) is 2.26. The molecule has 2 nitrogen and oxygen atoms in total. The zero-order valence-electron chi connectivity index (χ0n) is 10.5. The first-order chi connectivity index (χ1) is 9.86. The summed E-state index contributed by atoms with van der Waals surface area (Å²) in [4.78, 5) is 24.1. The van der Waals surface area contributed by atoms with Crippen molar-refractivity contribution in [3.8, 4) is 0 Å². The summed E-state index contributed by atoms with van der Waals surface area (Å²) in [6, 6.07) is 2.93. The minimum Gasteiger partial charge on any atom is -0.288 e. The summed E-state index contributed by atoms with van der Waals surface area (Å²) < 4.78 is 67.5. The van der Waals surface area contributed by atoms with Gasteiger partial charge in [0, 0.05) is 14.0 Å². The Morgan fingerprint density at radius 3 is 1.68 bits per heavy atom. The molecule has 2 aromatic carbocycles. The fourth-order valence-corrected chi connectivity index (χ4v) is 2.26. The average molecular weight is 309 g/mol. The zero-order valence-corrected chi connectivity index (χ0v) is 10.5. The predicted molar refractivity (Wildman–Crippen MR) is 65.3 cm³/mol. The summed E-state index contributed by atoms with van der Waals surface area (Å²) in [6.45, 7) is 0. The van der Waals surface area contributed by atoms with Gasteiger partial charge in [-0.05, 0) is 6.07 Å². The van der Waals surface area contributed by atoms with E-state index in [1.165, 1.54) is 0 Å². The molecule has 0 bridgehead atoms. The highest BCUT2D eigenvalue weighted by molar-refractivity contribution is 6.28. The van der Waals surface area contributed by atoms with Gasteiger partial charge in [0.2, 0.25) is 5.78 Å². The summed E-state index contributed by atoms with van der Waals surface area (Å²) in [5.41, 5.74) is -3.85. The first-order valence-electron chi connectivity index (χ1n) is 5.60. The molecule has 0 heterocycles. The summed E-state index contributed by atoms with van der Waals surface area (Å²) in [5.74, 6) is -12.3. The van der Waals surface area contributed by atoms with Gasteiger partial charge in [-0.3, -0.25) is 9.59 Å². The Morgan fingerprint density at radius 1 is 0.636 bits per heavy atom. The Bertz CT molecular complexity index is 848. The Balaban J connectivity index is 0.00000176. The standard InChI is InChI=1S/C14H3F5O2.B/c15-5-3-1-2-4-6(5)14(21)8-7(13(4)20)9(16)11(18)12(19)10(8)17;/h1-3H;. The molecular formula is C14H3BF5O2. The Hall–Kier alpha value is -2.51. The molecule has 1 aliphatic carbocycles. The molecule has 0 aromatic heterocycles. The Labute approximate surface area is 122 Å². The van der Waals surface area contributed by atoms with Crippen molar-refractivity contribution in [1.82, 2.24) is 0 Å². The van der Waals surface area contributed by atoms with Gasteiger partial charge in [-0.15, -0.1) is 0 Å². The van der Waals surface area contributed by atoms with E-state index >= 15 is 0 Å². The van der Waals surface area contributed by atoms with Gasteiger partial charge in [-0.25, -0.2) is 22.0 Å². The molecule has 0 N–H and O–H groups in total. The van der Waals surface area contributed by atoms with Crippen LogP contribution in [0, 0.1) is 29.1 Å². The number of fused-ring (bicyclic) bond motifs is 2. The SMILES string of the molecule is O=C1c2cccc(F)c2C(=O)c2c(F)c(F)c(F)c(F)c21.[B]. The van der Waals surface area contributed by atoms with Crippen LogP contribution in [0.15, 0.2) is 18.2 Å². The van der Waals surface area contributed by atoms with E-state index in [2.05, 4.69) is 0 Å². The van der Waals surface area contributed by atoms with Gasteiger partial charge in [-0.2, -0.15) is 0 Å². The normalized spacial score (nSPS) is 12.6. The maximum absolute atomic E-state index is 13.7. The summed E-state index contributed by atoms with van der Waals surface area (Å²) in [6.07, 6.45) is 0. The van der Waals surface area contributed by atoms with Crippen LogP contribution < -0.4 is 0 Å². The van der Waals surface area contributed by atoms with E-state index in [0.29, 0.717) is 0 Å². The maximum atomic E-state index is 13.7. The van der Waals surface area contributed by atoms with E-state index < -0.39 is 62.9 Å². The smallest absolute Gasteiger partial charge is 0.200 e. The van der Waals surface area contributed by atoms with Crippen LogP contribution in [0.2, 0.25) is 0 Å². The Morgan fingerprint density at radius 2 is 1.14 bits per heavy atom. The predicted octanol–water partition coefficient (Wildman–Crippen LogP) is 2.78. The van der Waals surface area contributed by atoms with Crippen LogP contribution in [-0.2, 0) is 0 Å². The average Bonchev–Trinajstić information content (AvgIpc) is 2.46. The van der Waals surface area contributed by atoms with Crippen LogP contribution in [-0.4, -0.2) is 20.0 Å². The molecule has 0 aliphatic heterocycles. The third-order valence-corrected chi connectivity index (χ3v) is 3.21. The molecule has 109 valence electrons. The lowest BCUT2D eigenvalue weighted by molar-refractivity contribution is 0.0966. The number of hydrogen-bond acceptors (Lipinski definition) is 2. The summed E-state index contributed by atoms with van der Waals surface area (Å²) >= 11 is 0. The van der Waals surface area contributed by atoms with Crippen molar-refractivity contribution in [1.29, 1.82) is 0 Å². The van der Waals surface area contributed by atoms with Gasteiger partial charge >= 0.3 is 0 Å². The van der Waals surface area contributed by atoms with E-state index in [4.69, 9.17) is 0 Å². The van der Waals surface area contributed by atoms with Crippen LogP contribution in [0.3, 0.4) is 0 Å². The van der Waals surface area contributed by atoms with Crippen molar-refractivity contribution in [3.05, 3.63) is 69.5 Å². The second-order valence-electron chi connectivity index (χ2n) is 4.33. The van der Waals surface area contributed by atoms with Crippen LogP contribution in [0.1, 0.15) is 31.8 Å². The number of halogens is 5.